The van der Waals surface area contributed by atoms with Gasteiger partial charge in [-0.3, -0.25) is 19.9 Å². The van der Waals surface area contributed by atoms with Crippen LogP contribution in [-0.2, 0) is 6.42 Å². The van der Waals surface area contributed by atoms with Crippen molar-refractivity contribution in [3.05, 3.63) is 275 Å². The van der Waals surface area contributed by atoms with Gasteiger partial charge in [-0.25, -0.2) is 0 Å². The second-order valence-electron chi connectivity index (χ2n) is 17.8. The lowest BCUT2D eigenvalue weighted by Gasteiger charge is -2.27. The largest absolute Gasteiger partial charge is 0.310 e. The molecule has 6 nitrogen and oxygen atoms in total. The molecule has 0 bridgehead atoms. The van der Waals surface area contributed by atoms with E-state index in [4.69, 9.17) is 9.97 Å². The Morgan fingerprint density at radius 1 is 0.274 bits per heavy atom. The van der Waals surface area contributed by atoms with Gasteiger partial charge in [-0.1, -0.05) is 165 Å². The second-order valence-corrected chi connectivity index (χ2v) is 19.7. The van der Waals surface area contributed by atoms with Crippen LogP contribution in [0.15, 0.2) is 264 Å². The number of benzene rings is 10. The molecule has 0 aliphatic heterocycles. The van der Waals surface area contributed by atoms with Crippen molar-refractivity contribution in [1.29, 1.82) is 0 Å². The predicted octanol–water partition coefficient (Wildman–Crippen LogP) is 18.5. The number of anilines is 6. The summed E-state index contributed by atoms with van der Waals surface area (Å²) < 4.78 is 2.06. The minimum atomic E-state index is 0.954. The number of aromatic nitrogens is 4. The van der Waals surface area contributed by atoms with E-state index >= 15 is 0 Å². The van der Waals surface area contributed by atoms with Crippen LogP contribution in [0.2, 0.25) is 0 Å². The first-order chi connectivity index (χ1) is 36.0. The first-order valence-corrected chi connectivity index (χ1v) is 25.7. The normalized spacial score (nSPS) is 11.2. The van der Waals surface area contributed by atoms with Crippen LogP contribution in [0.3, 0.4) is 0 Å². The molecule has 14 rings (SSSR count). The third kappa shape index (κ3) is 9.42. The highest BCUT2D eigenvalue weighted by molar-refractivity contribution is 9.10. The summed E-state index contributed by atoms with van der Waals surface area (Å²) in [5.74, 6) is 0. The van der Waals surface area contributed by atoms with Crippen LogP contribution < -0.4 is 9.80 Å². The van der Waals surface area contributed by atoms with Crippen LogP contribution in [0.1, 0.15) is 11.1 Å². The SMILES string of the molecule is Brc1cc2cnc3cc(Br)cc4cnc(c1)c2c43.c1ccc(Cc2ccccc2)cc1.c1ccc(N(c2ccccc2)c2cc3cnc4cc(N(c5ccccc5)c5ccccc5)cc5cnc(c2)c3c54)cc1. The van der Waals surface area contributed by atoms with Crippen molar-refractivity contribution in [3.8, 4) is 0 Å². The highest BCUT2D eigenvalue weighted by Crippen LogP contribution is 2.43. The van der Waals surface area contributed by atoms with E-state index in [0.717, 1.165) is 104 Å². The molecule has 14 aromatic rings. The molecule has 0 fully saturated rings. The zero-order valence-corrected chi connectivity index (χ0v) is 42.6. The van der Waals surface area contributed by atoms with Gasteiger partial charge in [0.25, 0.3) is 0 Å². The Labute approximate surface area is 439 Å². The molecule has 10 aromatic carbocycles. The van der Waals surface area contributed by atoms with Crippen molar-refractivity contribution in [2.24, 2.45) is 0 Å². The van der Waals surface area contributed by atoms with E-state index in [9.17, 15) is 0 Å². The van der Waals surface area contributed by atoms with Gasteiger partial charge in [0.1, 0.15) is 0 Å². The maximum Gasteiger partial charge on any atom is 0.0736 e. The summed E-state index contributed by atoms with van der Waals surface area (Å²) in [6.07, 6.45) is 8.82. The van der Waals surface area contributed by atoms with Gasteiger partial charge in [0.2, 0.25) is 0 Å². The highest BCUT2D eigenvalue weighted by atomic mass is 79.9. The van der Waals surface area contributed by atoms with Gasteiger partial charge in [-0.15, -0.1) is 0 Å². The molecule has 4 heterocycles. The summed E-state index contributed by atoms with van der Waals surface area (Å²) in [6.45, 7) is 0. The van der Waals surface area contributed by atoms with Gasteiger partial charge in [0, 0.05) is 111 Å². The minimum Gasteiger partial charge on any atom is -0.310 e. The number of para-hydroxylation sites is 4. The number of rotatable bonds is 8. The lowest BCUT2D eigenvalue weighted by molar-refractivity contribution is 1.19. The molecule has 4 aromatic heterocycles. The third-order valence-electron chi connectivity index (χ3n) is 13.0. The Kier molecular flexibility index (Phi) is 12.7. The van der Waals surface area contributed by atoms with Crippen LogP contribution in [-0.4, -0.2) is 19.9 Å². The van der Waals surface area contributed by atoms with Gasteiger partial charge in [0.05, 0.1) is 22.1 Å². The standard InChI is InChI=1S/C38H26N4.C14H6Br2N2.C13H12/c1-5-13-29(14-6-1)41(30-15-7-2-8-16-30)33-21-27-25-40-36-24-34(22-28-26-39-35(23-33)37(27)38(28)36)42(31-17-9-3-10-18-31)32-19-11-4-12-20-32;15-9-1-7-5-17-12-4-10(16)2-8-6-18-11(3-9)13(7)14(8)12;1-3-7-12(8-4-1)11-13-9-5-2-6-10-13/h1-26H;1-6H;1-10H,11H2. The number of hydrogen-bond donors (Lipinski definition) is 0. The van der Waals surface area contributed by atoms with Gasteiger partial charge in [-0.2, -0.15) is 0 Å². The van der Waals surface area contributed by atoms with Crippen molar-refractivity contribution < 1.29 is 0 Å². The number of hydrogen-bond acceptors (Lipinski definition) is 6. The molecule has 0 aliphatic carbocycles. The Balaban J connectivity index is 0.000000142. The van der Waals surface area contributed by atoms with E-state index in [0.29, 0.717) is 0 Å². The third-order valence-corrected chi connectivity index (χ3v) is 13.9. The summed E-state index contributed by atoms with van der Waals surface area (Å²) >= 11 is 7.02. The van der Waals surface area contributed by atoms with Crippen molar-refractivity contribution in [2.45, 2.75) is 6.42 Å². The summed E-state index contributed by atoms with van der Waals surface area (Å²) in [5, 5.41) is 9.03. The van der Waals surface area contributed by atoms with E-state index in [1.807, 2.05) is 61.2 Å². The highest BCUT2D eigenvalue weighted by Gasteiger charge is 2.20. The first-order valence-electron chi connectivity index (χ1n) is 24.1. The van der Waals surface area contributed by atoms with Crippen molar-refractivity contribution in [1.82, 2.24) is 19.9 Å². The number of halogens is 2. The summed E-state index contributed by atoms with van der Waals surface area (Å²) in [7, 11) is 0. The van der Waals surface area contributed by atoms with Gasteiger partial charge in [0.15, 0.2) is 0 Å². The van der Waals surface area contributed by atoms with Crippen molar-refractivity contribution in [3.63, 3.8) is 0 Å². The van der Waals surface area contributed by atoms with Crippen molar-refractivity contribution >= 4 is 131 Å². The molecule has 0 unspecified atom stereocenters. The average molecular weight is 1070 g/mol. The fourth-order valence-corrected chi connectivity index (χ4v) is 10.8. The van der Waals surface area contributed by atoms with E-state index in [1.165, 1.54) is 21.9 Å². The lowest BCUT2D eigenvalue weighted by Crippen LogP contribution is -2.10. The monoisotopic (exact) mass is 1070 g/mol. The van der Waals surface area contributed by atoms with E-state index in [2.05, 4.69) is 246 Å². The summed E-state index contributed by atoms with van der Waals surface area (Å²) in [4.78, 5) is 23.6. The maximum atomic E-state index is 5.01. The zero-order valence-electron chi connectivity index (χ0n) is 39.4. The zero-order chi connectivity index (χ0) is 49.1. The average Bonchev–Trinajstić information content (AvgIpc) is 3.43. The topological polar surface area (TPSA) is 58.0 Å². The van der Waals surface area contributed by atoms with Crippen molar-refractivity contribution in [2.75, 3.05) is 9.80 Å². The molecule has 0 saturated heterocycles. The second kappa shape index (κ2) is 20.3. The number of nitrogens with zero attached hydrogens (tertiary/aromatic N) is 6. The molecular weight excluding hydrogens is 1020 g/mol. The molecule has 0 spiro atoms. The van der Waals surface area contributed by atoms with E-state index < -0.39 is 0 Å². The molecule has 73 heavy (non-hydrogen) atoms. The molecule has 0 saturated carbocycles. The van der Waals surface area contributed by atoms with Crippen LogP contribution in [0.5, 0.6) is 0 Å². The Morgan fingerprint density at radius 2 is 0.534 bits per heavy atom. The molecule has 348 valence electrons. The molecule has 8 heteroatoms. The van der Waals surface area contributed by atoms with Crippen LogP contribution in [0.25, 0.3) is 65.2 Å². The molecule has 0 radical (unpaired) electrons. The Morgan fingerprint density at radius 3 is 0.836 bits per heavy atom. The molecule has 0 N–H and O–H groups in total. The quantitative estimate of drug-likeness (QED) is 0.141. The maximum absolute atomic E-state index is 5.01. The smallest absolute Gasteiger partial charge is 0.0736 e. The Hall–Kier alpha value is -8.56. The predicted molar refractivity (Wildman–Crippen MR) is 312 cm³/mol. The van der Waals surface area contributed by atoms with E-state index in [1.54, 1.807) is 0 Å². The molecule has 0 aliphatic rings. The van der Waals surface area contributed by atoms with Crippen LogP contribution >= 0.6 is 31.9 Å². The van der Waals surface area contributed by atoms with Gasteiger partial charge < -0.3 is 9.80 Å². The fraction of sp³-hybridized carbons (Fsp3) is 0.0154. The van der Waals surface area contributed by atoms with E-state index in [-0.39, 0.29) is 0 Å². The van der Waals surface area contributed by atoms with Gasteiger partial charge in [-0.05, 0) is 115 Å². The first kappa shape index (κ1) is 45.6. The summed E-state index contributed by atoms with van der Waals surface area (Å²) in [6, 6.07) is 80.0. The Bertz CT molecular complexity index is 3650. The van der Waals surface area contributed by atoms with Crippen LogP contribution in [0.4, 0.5) is 34.1 Å². The minimum absolute atomic E-state index is 0.954. The summed E-state index contributed by atoms with van der Waals surface area (Å²) in [5.41, 5.74) is 13.1. The fourth-order valence-electron chi connectivity index (χ4n) is 9.84. The molecular formula is C65H44Br2N6. The van der Waals surface area contributed by atoms with Crippen LogP contribution in [0, 0.1) is 0 Å². The number of pyridine rings is 4. The van der Waals surface area contributed by atoms with Gasteiger partial charge >= 0.3 is 0 Å². The lowest BCUT2D eigenvalue weighted by atomic mass is 9.99. The molecule has 0 amide bonds. The molecule has 0 atom stereocenters.